The zero-order valence-corrected chi connectivity index (χ0v) is 31.1. The molecule has 0 spiro atoms. The summed E-state index contributed by atoms with van der Waals surface area (Å²) in [7, 11) is 0. The maximum absolute atomic E-state index is 3.67. The number of para-hydroxylation sites is 2. The Balaban J connectivity index is 0.000000251. The van der Waals surface area contributed by atoms with Gasteiger partial charge in [0.15, 0.2) is 0 Å². The summed E-state index contributed by atoms with van der Waals surface area (Å²) in [5, 5.41) is 3.67. The zero-order chi connectivity index (χ0) is 32.1. The van der Waals surface area contributed by atoms with Crippen molar-refractivity contribution < 1.29 is 0 Å². The van der Waals surface area contributed by atoms with Gasteiger partial charge in [0.1, 0.15) is 0 Å². The fourth-order valence-corrected chi connectivity index (χ4v) is 7.50. The van der Waals surface area contributed by atoms with E-state index in [1.807, 2.05) is 11.8 Å². The first-order valence-electron chi connectivity index (χ1n) is 16.8. The normalized spacial score (nSPS) is 12.8. The smallest absolute Gasteiger partial charge is 0.0553 e. The van der Waals surface area contributed by atoms with Crippen LogP contribution >= 0.6 is 36.6 Å². The van der Waals surface area contributed by atoms with Crippen molar-refractivity contribution >= 4 is 48.0 Å². The van der Waals surface area contributed by atoms with E-state index in [1.54, 1.807) is 0 Å². The van der Waals surface area contributed by atoms with Crippen molar-refractivity contribution in [2.45, 2.75) is 61.9 Å². The summed E-state index contributed by atoms with van der Waals surface area (Å²) in [6, 6.07) is 50.7. The Morgan fingerprint density at radius 2 is 1.00 bits per heavy atom. The molecule has 5 aromatic rings. The van der Waals surface area contributed by atoms with Gasteiger partial charge >= 0.3 is 0 Å². The number of hydrogen-bond acceptors (Lipinski definition) is 4. The number of nitrogens with zero attached hydrogens (tertiary/aromatic N) is 2. The molecule has 0 bridgehead atoms. The lowest BCUT2D eigenvalue weighted by atomic mass is 9.88. The third-order valence-corrected chi connectivity index (χ3v) is 10.1. The molecule has 0 aliphatic carbocycles. The van der Waals surface area contributed by atoms with Gasteiger partial charge in [0, 0.05) is 34.3 Å². The topological polar surface area (TPSA) is 18.5 Å². The maximum Gasteiger partial charge on any atom is 0.0553 e. The minimum atomic E-state index is 0. The van der Waals surface area contributed by atoms with Crippen LogP contribution in [0.1, 0.15) is 62.8 Å². The highest BCUT2D eigenvalue weighted by molar-refractivity contribution is 7.99. The molecule has 0 fully saturated rings. The molecule has 1 aliphatic heterocycles. The monoisotopic (exact) mass is 699 g/mol. The third-order valence-electron chi connectivity index (χ3n) is 9.00. The van der Waals surface area contributed by atoms with Crippen LogP contribution in [0.4, 0.5) is 11.4 Å². The average molecular weight is 701 g/mol. The molecule has 0 aromatic heterocycles. The van der Waals surface area contributed by atoms with Gasteiger partial charge in [-0.05, 0) is 80.9 Å². The number of fused-ring (bicyclic) bond motifs is 2. The summed E-state index contributed by atoms with van der Waals surface area (Å²) >= 11 is 1.88. The van der Waals surface area contributed by atoms with Gasteiger partial charge in [0.2, 0.25) is 0 Å². The molecule has 6 heteroatoms. The fourth-order valence-electron chi connectivity index (χ4n) is 6.40. The SMILES string of the molecule is CC(NCCC(c1ccccc1)c1ccccc1)c1ccccc1.CCN(CC)C(C)CN1c2ccccc2Sc2ccccc21.Cl.Cl. The van der Waals surface area contributed by atoms with Crippen molar-refractivity contribution in [1.29, 1.82) is 0 Å². The molecule has 0 radical (unpaired) electrons. The second-order valence-corrected chi connectivity index (χ2v) is 13.1. The number of rotatable bonds is 12. The molecule has 6 rings (SSSR count). The van der Waals surface area contributed by atoms with E-state index in [0.717, 1.165) is 32.6 Å². The first kappa shape index (κ1) is 39.2. The van der Waals surface area contributed by atoms with Crippen LogP contribution in [-0.2, 0) is 0 Å². The van der Waals surface area contributed by atoms with Gasteiger partial charge in [-0.1, -0.05) is 141 Å². The van der Waals surface area contributed by atoms with Crippen LogP contribution in [0.2, 0.25) is 0 Å². The Kier molecular flexibility index (Phi) is 16.6. The van der Waals surface area contributed by atoms with E-state index in [1.165, 1.54) is 37.9 Å². The maximum atomic E-state index is 3.67. The molecule has 3 nitrogen and oxygen atoms in total. The molecule has 2 atom stereocenters. The zero-order valence-electron chi connectivity index (χ0n) is 28.7. The van der Waals surface area contributed by atoms with Crippen LogP contribution in [0.3, 0.4) is 0 Å². The largest absolute Gasteiger partial charge is 0.338 e. The van der Waals surface area contributed by atoms with E-state index in [4.69, 9.17) is 0 Å². The van der Waals surface area contributed by atoms with Crippen LogP contribution in [-0.4, -0.2) is 37.1 Å². The van der Waals surface area contributed by atoms with E-state index in [9.17, 15) is 0 Å². The molecule has 5 aromatic carbocycles. The van der Waals surface area contributed by atoms with Gasteiger partial charge in [0.05, 0.1) is 11.4 Å². The Morgan fingerprint density at radius 3 is 1.46 bits per heavy atom. The highest BCUT2D eigenvalue weighted by Crippen LogP contribution is 2.47. The predicted molar refractivity (Wildman–Crippen MR) is 213 cm³/mol. The Labute approximate surface area is 306 Å². The number of likely N-dealkylation sites (N-methyl/N-ethyl adjacent to an activating group) is 1. The lowest BCUT2D eigenvalue weighted by Crippen LogP contribution is -2.41. The molecule has 0 saturated carbocycles. The molecule has 48 heavy (non-hydrogen) atoms. The number of anilines is 2. The van der Waals surface area contributed by atoms with Crippen molar-refractivity contribution in [2.75, 3.05) is 31.1 Å². The Morgan fingerprint density at radius 1 is 0.583 bits per heavy atom. The number of benzene rings is 5. The van der Waals surface area contributed by atoms with E-state index in [-0.39, 0.29) is 24.8 Å². The molecular weight excluding hydrogens is 649 g/mol. The van der Waals surface area contributed by atoms with Gasteiger partial charge in [-0.2, -0.15) is 0 Å². The van der Waals surface area contributed by atoms with E-state index in [0.29, 0.717) is 18.0 Å². The fraction of sp³-hybridized carbons (Fsp3) is 0.286. The molecule has 2 unspecified atom stereocenters. The number of nitrogens with one attached hydrogen (secondary N) is 1. The van der Waals surface area contributed by atoms with Gasteiger partial charge in [-0.3, -0.25) is 4.90 Å². The van der Waals surface area contributed by atoms with Crippen LogP contribution in [0, 0.1) is 0 Å². The molecule has 1 aliphatic rings. The van der Waals surface area contributed by atoms with Gasteiger partial charge < -0.3 is 10.2 Å². The highest BCUT2D eigenvalue weighted by atomic mass is 35.5. The Bertz CT molecular complexity index is 1510. The van der Waals surface area contributed by atoms with Gasteiger partial charge in [-0.15, -0.1) is 24.8 Å². The van der Waals surface area contributed by atoms with Crippen molar-refractivity contribution in [1.82, 2.24) is 10.2 Å². The van der Waals surface area contributed by atoms with E-state index >= 15 is 0 Å². The summed E-state index contributed by atoms with van der Waals surface area (Å²) in [5.41, 5.74) is 6.79. The standard InChI is InChI=1S/C23H25N.C19H24N2S.2ClH/c1-19(20-11-5-2-6-12-20)24-18-17-23(21-13-7-3-8-14-21)22-15-9-4-10-16-22;1-4-20(5-2)15(3)14-21-16-10-6-8-12-18(16)22-19-13-9-7-11-17(19)21;;/h2-16,19,23-24H,17-18H2,1H3;6-13,15H,4-5,14H2,1-3H3;2*1H. The van der Waals surface area contributed by atoms with Crippen LogP contribution in [0.25, 0.3) is 0 Å². The van der Waals surface area contributed by atoms with Gasteiger partial charge in [0.25, 0.3) is 0 Å². The minimum Gasteiger partial charge on any atom is -0.338 e. The van der Waals surface area contributed by atoms with Crippen molar-refractivity contribution in [3.63, 3.8) is 0 Å². The molecular formula is C42H51Cl2N3S. The summed E-state index contributed by atoms with van der Waals surface area (Å²) in [5.74, 6) is 0.433. The predicted octanol–water partition coefficient (Wildman–Crippen LogP) is 11.4. The van der Waals surface area contributed by atoms with Crippen molar-refractivity contribution in [3.8, 4) is 0 Å². The van der Waals surface area contributed by atoms with E-state index < -0.39 is 0 Å². The first-order chi connectivity index (χ1) is 22.6. The second-order valence-electron chi connectivity index (χ2n) is 12.0. The molecule has 1 N–H and O–H groups in total. The third kappa shape index (κ3) is 10.4. The first-order valence-corrected chi connectivity index (χ1v) is 17.7. The quantitative estimate of drug-likeness (QED) is 0.140. The van der Waals surface area contributed by atoms with Crippen LogP contribution < -0.4 is 10.2 Å². The van der Waals surface area contributed by atoms with Gasteiger partial charge in [-0.25, -0.2) is 0 Å². The lowest BCUT2D eigenvalue weighted by molar-refractivity contribution is 0.236. The number of hydrogen-bond donors (Lipinski definition) is 1. The number of halogens is 2. The van der Waals surface area contributed by atoms with E-state index in [2.05, 4.69) is 182 Å². The van der Waals surface area contributed by atoms with Crippen molar-refractivity contribution in [2.24, 2.45) is 0 Å². The summed E-state index contributed by atoms with van der Waals surface area (Å²) < 4.78 is 0. The van der Waals surface area contributed by atoms with Crippen LogP contribution in [0.5, 0.6) is 0 Å². The average Bonchev–Trinajstić information content (AvgIpc) is 3.12. The summed E-state index contributed by atoms with van der Waals surface area (Å²) in [6.07, 6.45) is 1.09. The molecule has 1 heterocycles. The highest BCUT2D eigenvalue weighted by Gasteiger charge is 2.25. The van der Waals surface area contributed by atoms with Crippen LogP contribution in [0.15, 0.2) is 149 Å². The minimum absolute atomic E-state index is 0. The lowest BCUT2D eigenvalue weighted by Gasteiger charge is -2.37. The molecule has 0 saturated heterocycles. The van der Waals surface area contributed by atoms with Crippen molar-refractivity contribution in [3.05, 3.63) is 156 Å². The summed E-state index contributed by atoms with van der Waals surface area (Å²) in [4.78, 5) is 7.72. The second kappa shape index (κ2) is 20.3. The Hall–Kier alpha value is -3.25. The molecule has 254 valence electrons. The molecule has 0 amide bonds. The summed E-state index contributed by atoms with van der Waals surface area (Å²) in [6.45, 7) is 13.3.